The van der Waals surface area contributed by atoms with Gasteiger partial charge < -0.3 is 5.73 Å². The number of benzene rings is 1. The summed E-state index contributed by atoms with van der Waals surface area (Å²) in [5, 5.41) is 4.01. The molecule has 0 saturated carbocycles. The van der Waals surface area contributed by atoms with Gasteiger partial charge in [-0.15, -0.1) is 11.8 Å². The molecule has 0 fully saturated rings. The number of nitrogens with two attached hydrogens (primary N) is 1. The number of thioether (sulfide) groups is 2. The number of amides is 2. The van der Waals surface area contributed by atoms with E-state index >= 15 is 0 Å². The molecule has 2 aromatic heterocycles. The summed E-state index contributed by atoms with van der Waals surface area (Å²) >= 11 is 4.09. The Morgan fingerprint density at radius 2 is 2.04 bits per heavy atom. The first-order valence-electron chi connectivity index (χ1n) is 7.86. The van der Waals surface area contributed by atoms with Crippen LogP contribution in [0.4, 0.5) is 5.13 Å². The molecule has 140 valence electrons. The number of aromatic nitrogens is 3. The third-order valence-corrected chi connectivity index (χ3v) is 6.59. The van der Waals surface area contributed by atoms with Crippen LogP contribution >= 0.6 is 34.9 Å². The molecule has 7 nitrogen and oxygen atoms in total. The highest BCUT2D eigenvalue weighted by Gasteiger charge is 2.19. The summed E-state index contributed by atoms with van der Waals surface area (Å²) in [6.07, 6.45) is 3.47. The third-order valence-electron chi connectivity index (χ3n) is 3.48. The standard InChI is InChI=1S/C17H17N5O2S3/c1-10-15(26-9-13(18)23)27-16(20-10)21-14(24)12-8-19-17(25-2)22(12)11-6-4-3-5-7-11/h3-8H,9H2,1-2H3,(H2,18,23)(H,20,21,24). The van der Waals surface area contributed by atoms with E-state index in [1.807, 2.05) is 48.1 Å². The van der Waals surface area contributed by atoms with Crippen LogP contribution in [0.2, 0.25) is 0 Å². The number of nitrogens with one attached hydrogen (secondary N) is 1. The second kappa shape index (κ2) is 8.59. The first kappa shape index (κ1) is 19.5. The highest BCUT2D eigenvalue weighted by atomic mass is 32.2. The summed E-state index contributed by atoms with van der Waals surface area (Å²) in [5.74, 6) is -0.518. The van der Waals surface area contributed by atoms with Gasteiger partial charge in [0.2, 0.25) is 5.91 Å². The minimum Gasteiger partial charge on any atom is -0.369 e. The van der Waals surface area contributed by atoms with Crippen LogP contribution in [0.5, 0.6) is 0 Å². The number of para-hydroxylation sites is 1. The van der Waals surface area contributed by atoms with Crippen LogP contribution in [0.3, 0.4) is 0 Å². The number of hydrogen-bond donors (Lipinski definition) is 2. The van der Waals surface area contributed by atoms with E-state index in [-0.39, 0.29) is 11.7 Å². The highest BCUT2D eigenvalue weighted by molar-refractivity contribution is 8.01. The smallest absolute Gasteiger partial charge is 0.276 e. The molecule has 0 aliphatic heterocycles. The van der Waals surface area contributed by atoms with Crippen molar-refractivity contribution in [2.24, 2.45) is 5.73 Å². The van der Waals surface area contributed by atoms with Crippen molar-refractivity contribution >= 4 is 51.8 Å². The van der Waals surface area contributed by atoms with Gasteiger partial charge in [-0.3, -0.25) is 19.5 Å². The predicted molar refractivity (Wildman–Crippen MR) is 110 cm³/mol. The van der Waals surface area contributed by atoms with E-state index < -0.39 is 5.91 Å². The Bertz CT molecular complexity index is 968. The Morgan fingerprint density at radius 1 is 1.30 bits per heavy atom. The molecule has 3 rings (SSSR count). The summed E-state index contributed by atoms with van der Waals surface area (Å²) in [7, 11) is 0. The number of anilines is 1. The minimum absolute atomic E-state index is 0.175. The molecule has 0 spiro atoms. The molecule has 0 bridgehead atoms. The van der Waals surface area contributed by atoms with Crippen LogP contribution in [0.1, 0.15) is 16.2 Å². The van der Waals surface area contributed by atoms with Gasteiger partial charge in [0.15, 0.2) is 10.3 Å². The fraction of sp³-hybridized carbons (Fsp3) is 0.176. The van der Waals surface area contributed by atoms with Gasteiger partial charge >= 0.3 is 0 Å². The molecule has 0 unspecified atom stereocenters. The lowest BCUT2D eigenvalue weighted by atomic mass is 10.3. The van der Waals surface area contributed by atoms with Gasteiger partial charge in [0.25, 0.3) is 5.91 Å². The van der Waals surface area contributed by atoms with E-state index in [0.717, 1.165) is 20.7 Å². The normalized spacial score (nSPS) is 10.7. The number of aryl methyl sites for hydroxylation is 1. The van der Waals surface area contributed by atoms with Crippen LogP contribution < -0.4 is 11.1 Å². The van der Waals surface area contributed by atoms with Crippen molar-refractivity contribution in [1.82, 2.24) is 14.5 Å². The van der Waals surface area contributed by atoms with Gasteiger partial charge in [-0.05, 0) is 25.3 Å². The van der Waals surface area contributed by atoms with Gasteiger partial charge in [-0.2, -0.15) is 0 Å². The van der Waals surface area contributed by atoms with Crippen LogP contribution in [-0.2, 0) is 4.79 Å². The van der Waals surface area contributed by atoms with Crippen LogP contribution in [-0.4, -0.2) is 38.4 Å². The number of imidazole rings is 1. The molecule has 2 heterocycles. The average molecular weight is 420 g/mol. The lowest BCUT2D eigenvalue weighted by Crippen LogP contribution is -2.16. The van der Waals surface area contributed by atoms with Gasteiger partial charge in [-0.25, -0.2) is 9.97 Å². The maximum Gasteiger partial charge on any atom is 0.276 e. The number of rotatable bonds is 7. The SMILES string of the molecule is CSc1ncc(C(=O)Nc2nc(C)c(SCC(N)=O)s2)n1-c1ccccc1. The Kier molecular flexibility index (Phi) is 6.19. The van der Waals surface area contributed by atoms with E-state index in [4.69, 9.17) is 5.73 Å². The second-order valence-corrected chi connectivity index (χ2v) is 8.42. The van der Waals surface area contributed by atoms with Crippen LogP contribution in [0, 0.1) is 6.92 Å². The monoisotopic (exact) mass is 419 g/mol. The summed E-state index contributed by atoms with van der Waals surface area (Å²) in [6.45, 7) is 1.83. The fourth-order valence-corrected chi connectivity index (χ4v) is 4.75. The Labute approximate surface area is 168 Å². The largest absolute Gasteiger partial charge is 0.369 e. The van der Waals surface area contributed by atoms with Gasteiger partial charge in [0, 0.05) is 5.69 Å². The molecule has 3 N–H and O–H groups in total. The van der Waals surface area contributed by atoms with Crippen molar-refractivity contribution in [1.29, 1.82) is 0 Å². The minimum atomic E-state index is -0.394. The lowest BCUT2D eigenvalue weighted by molar-refractivity contribution is -0.115. The number of nitrogens with zero attached hydrogens (tertiary/aromatic N) is 3. The van der Waals surface area contributed by atoms with Gasteiger partial charge in [-0.1, -0.05) is 41.3 Å². The molecule has 0 atom stereocenters. The molecular formula is C17H17N5O2S3. The molecule has 10 heteroatoms. The maximum atomic E-state index is 12.8. The number of primary amides is 1. The number of carbonyl (C=O) groups is 2. The van der Waals surface area contributed by atoms with E-state index in [9.17, 15) is 9.59 Å². The molecule has 1 aromatic carbocycles. The van der Waals surface area contributed by atoms with Crippen molar-refractivity contribution in [2.75, 3.05) is 17.3 Å². The van der Waals surface area contributed by atoms with Crippen molar-refractivity contribution in [3.05, 3.63) is 47.9 Å². The first-order chi connectivity index (χ1) is 13.0. The van der Waals surface area contributed by atoms with Crippen molar-refractivity contribution in [3.63, 3.8) is 0 Å². The quantitative estimate of drug-likeness (QED) is 0.570. The van der Waals surface area contributed by atoms with Gasteiger partial charge in [0.1, 0.15) is 5.69 Å². The molecular weight excluding hydrogens is 402 g/mol. The zero-order chi connectivity index (χ0) is 19.4. The second-order valence-electron chi connectivity index (χ2n) is 5.40. The number of hydrogen-bond acceptors (Lipinski definition) is 7. The summed E-state index contributed by atoms with van der Waals surface area (Å²) in [5.41, 5.74) is 7.22. The van der Waals surface area contributed by atoms with E-state index in [0.29, 0.717) is 10.8 Å². The Hall–Kier alpha value is -2.30. The van der Waals surface area contributed by atoms with Crippen molar-refractivity contribution in [3.8, 4) is 5.69 Å². The first-order valence-corrected chi connectivity index (χ1v) is 10.9. The Balaban J connectivity index is 1.84. The highest BCUT2D eigenvalue weighted by Crippen LogP contribution is 2.32. The molecule has 0 aliphatic carbocycles. The molecule has 27 heavy (non-hydrogen) atoms. The zero-order valence-electron chi connectivity index (χ0n) is 14.6. The fourth-order valence-electron chi connectivity index (χ4n) is 2.33. The molecule has 2 amide bonds. The predicted octanol–water partition coefficient (Wildman–Crippen LogP) is 3.19. The van der Waals surface area contributed by atoms with Crippen LogP contribution in [0.25, 0.3) is 5.69 Å². The van der Waals surface area contributed by atoms with Gasteiger partial charge in [0.05, 0.1) is 21.9 Å². The van der Waals surface area contributed by atoms with Crippen molar-refractivity contribution < 1.29 is 9.59 Å². The Morgan fingerprint density at radius 3 is 2.70 bits per heavy atom. The lowest BCUT2D eigenvalue weighted by Gasteiger charge is -2.10. The topological polar surface area (TPSA) is 103 Å². The van der Waals surface area contributed by atoms with E-state index in [1.165, 1.54) is 34.9 Å². The molecule has 0 radical (unpaired) electrons. The summed E-state index contributed by atoms with van der Waals surface area (Å²) < 4.78 is 2.66. The average Bonchev–Trinajstić information content (AvgIpc) is 3.23. The van der Waals surface area contributed by atoms with Crippen molar-refractivity contribution in [2.45, 2.75) is 16.3 Å². The van der Waals surface area contributed by atoms with E-state index in [2.05, 4.69) is 15.3 Å². The van der Waals surface area contributed by atoms with Crippen LogP contribution in [0.15, 0.2) is 45.9 Å². The number of carbonyl (C=O) groups excluding carboxylic acids is 2. The molecule has 0 saturated heterocycles. The van der Waals surface area contributed by atoms with E-state index in [1.54, 1.807) is 6.20 Å². The summed E-state index contributed by atoms with van der Waals surface area (Å²) in [6, 6.07) is 9.58. The molecule has 0 aliphatic rings. The molecule has 3 aromatic rings. The number of thiazole rings is 1. The zero-order valence-corrected chi connectivity index (χ0v) is 17.1. The third kappa shape index (κ3) is 4.52. The maximum absolute atomic E-state index is 12.8. The summed E-state index contributed by atoms with van der Waals surface area (Å²) in [4.78, 5) is 32.5.